The van der Waals surface area contributed by atoms with E-state index in [4.69, 9.17) is 5.26 Å². The van der Waals surface area contributed by atoms with Crippen LogP contribution >= 0.6 is 0 Å². The van der Waals surface area contributed by atoms with E-state index >= 15 is 0 Å². The Balaban J connectivity index is 2.27. The Kier molecular flexibility index (Phi) is 2.22. The van der Waals surface area contributed by atoms with Crippen molar-refractivity contribution in [3.05, 3.63) is 35.0 Å². The highest BCUT2D eigenvalue weighted by Crippen LogP contribution is 2.35. The summed E-state index contributed by atoms with van der Waals surface area (Å²) < 4.78 is 0. The number of benzene rings is 1. The SMILES string of the molecule is N#Cc1ccc2[nH]c3c(c2c1)CCCC3C=O. The van der Waals surface area contributed by atoms with Gasteiger partial charge < -0.3 is 9.78 Å². The molecule has 1 aromatic carbocycles. The molecule has 3 rings (SSSR count). The Morgan fingerprint density at radius 2 is 2.35 bits per heavy atom. The number of fused-ring (bicyclic) bond motifs is 3. The number of aromatic nitrogens is 1. The molecule has 1 heterocycles. The van der Waals surface area contributed by atoms with E-state index in [9.17, 15) is 4.79 Å². The van der Waals surface area contributed by atoms with E-state index in [1.807, 2.05) is 12.1 Å². The molecule has 0 radical (unpaired) electrons. The topological polar surface area (TPSA) is 56.6 Å². The number of carbonyl (C=O) groups is 1. The molecule has 0 fully saturated rings. The molecule has 0 aliphatic heterocycles. The highest BCUT2D eigenvalue weighted by atomic mass is 16.1. The van der Waals surface area contributed by atoms with Gasteiger partial charge in [0.2, 0.25) is 0 Å². The van der Waals surface area contributed by atoms with Crippen LogP contribution in [0.25, 0.3) is 10.9 Å². The molecule has 1 aromatic heterocycles. The van der Waals surface area contributed by atoms with E-state index < -0.39 is 0 Å². The lowest BCUT2D eigenvalue weighted by atomic mass is 9.87. The second-order valence-corrected chi connectivity index (χ2v) is 4.52. The molecule has 1 N–H and O–H groups in total. The first-order valence-electron chi connectivity index (χ1n) is 5.83. The number of hydrogen-bond acceptors (Lipinski definition) is 2. The van der Waals surface area contributed by atoms with E-state index in [1.54, 1.807) is 6.07 Å². The Hall–Kier alpha value is -2.08. The Morgan fingerprint density at radius 3 is 3.12 bits per heavy atom. The number of hydrogen-bond donors (Lipinski definition) is 1. The third-order valence-corrected chi connectivity index (χ3v) is 3.55. The fourth-order valence-corrected chi connectivity index (χ4v) is 2.70. The molecule has 0 saturated heterocycles. The van der Waals surface area contributed by atoms with Gasteiger partial charge >= 0.3 is 0 Å². The first kappa shape index (κ1) is 10.1. The average molecular weight is 224 g/mol. The van der Waals surface area contributed by atoms with Crippen molar-refractivity contribution in [1.82, 2.24) is 4.98 Å². The van der Waals surface area contributed by atoms with Crippen LogP contribution in [0.4, 0.5) is 0 Å². The summed E-state index contributed by atoms with van der Waals surface area (Å²) in [6.07, 6.45) is 3.99. The first-order valence-corrected chi connectivity index (χ1v) is 5.83. The number of aryl methyl sites for hydroxylation is 1. The van der Waals surface area contributed by atoms with Crippen LogP contribution in [0.3, 0.4) is 0 Å². The first-order chi connectivity index (χ1) is 8.33. The Morgan fingerprint density at radius 1 is 1.47 bits per heavy atom. The minimum Gasteiger partial charge on any atom is -0.358 e. The van der Waals surface area contributed by atoms with E-state index in [0.29, 0.717) is 5.56 Å². The molecule has 3 heteroatoms. The van der Waals surface area contributed by atoms with Crippen molar-refractivity contribution in [2.45, 2.75) is 25.2 Å². The molecule has 0 spiro atoms. The van der Waals surface area contributed by atoms with Gasteiger partial charge in [-0.2, -0.15) is 5.26 Å². The molecule has 3 nitrogen and oxygen atoms in total. The number of H-pyrrole nitrogens is 1. The summed E-state index contributed by atoms with van der Waals surface area (Å²) >= 11 is 0. The van der Waals surface area contributed by atoms with Crippen molar-refractivity contribution in [3.8, 4) is 6.07 Å². The lowest BCUT2D eigenvalue weighted by molar-refractivity contribution is -0.109. The third kappa shape index (κ3) is 1.45. The van der Waals surface area contributed by atoms with Gasteiger partial charge in [-0.15, -0.1) is 0 Å². The maximum atomic E-state index is 11.1. The molecule has 1 aliphatic carbocycles. The largest absolute Gasteiger partial charge is 0.358 e. The molecule has 0 bridgehead atoms. The van der Waals surface area contributed by atoms with Gasteiger partial charge in [0.1, 0.15) is 6.29 Å². The van der Waals surface area contributed by atoms with Crippen LogP contribution in [0.5, 0.6) is 0 Å². The second kappa shape index (κ2) is 3.74. The molecule has 84 valence electrons. The molecular formula is C14H12N2O. The molecule has 1 atom stereocenters. The highest BCUT2D eigenvalue weighted by Gasteiger charge is 2.23. The van der Waals surface area contributed by atoms with Crippen molar-refractivity contribution in [2.75, 3.05) is 0 Å². The normalized spacial score (nSPS) is 18.6. The van der Waals surface area contributed by atoms with E-state index in [1.165, 1.54) is 5.56 Å². The van der Waals surface area contributed by atoms with Gasteiger partial charge in [-0.05, 0) is 43.0 Å². The minimum absolute atomic E-state index is 0.00307. The van der Waals surface area contributed by atoms with Gasteiger partial charge in [0.15, 0.2) is 0 Å². The van der Waals surface area contributed by atoms with Crippen molar-refractivity contribution >= 4 is 17.2 Å². The predicted octanol–water partition coefficient (Wildman–Crippen LogP) is 2.66. The zero-order valence-electron chi connectivity index (χ0n) is 9.36. The number of aldehydes is 1. The monoisotopic (exact) mass is 224 g/mol. The maximum Gasteiger partial charge on any atom is 0.128 e. The van der Waals surface area contributed by atoms with Crippen molar-refractivity contribution < 1.29 is 4.79 Å². The molecular weight excluding hydrogens is 212 g/mol. The summed E-state index contributed by atoms with van der Waals surface area (Å²) in [5, 5.41) is 10.0. The highest BCUT2D eigenvalue weighted by molar-refractivity contribution is 5.87. The van der Waals surface area contributed by atoms with Crippen LogP contribution in [0.1, 0.15) is 35.6 Å². The van der Waals surface area contributed by atoms with Gasteiger partial charge in [0.05, 0.1) is 17.6 Å². The molecule has 0 amide bonds. The molecule has 1 unspecified atom stereocenters. The minimum atomic E-state index is -0.00307. The van der Waals surface area contributed by atoms with Crippen LogP contribution in [0.2, 0.25) is 0 Å². The van der Waals surface area contributed by atoms with Crippen LogP contribution in [-0.2, 0) is 11.2 Å². The summed E-state index contributed by atoms with van der Waals surface area (Å²) in [5.41, 5.74) is 3.98. The fourth-order valence-electron chi connectivity index (χ4n) is 2.70. The molecule has 1 aliphatic rings. The van der Waals surface area contributed by atoms with E-state index in [-0.39, 0.29) is 5.92 Å². The summed E-state index contributed by atoms with van der Waals surface area (Å²) in [7, 11) is 0. The van der Waals surface area contributed by atoms with Gasteiger partial charge in [-0.3, -0.25) is 0 Å². The van der Waals surface area contributed by atoms with Gasteiger partial charge in [0.25, 0.3) is 0 Å². The van der Waals surface area contributed by atoms with Crippen LogP contribution in [0, 0.1) is 11.3 Å². The van der Waals surface area contributed by atoms with E-state index in [2.05, 4.69) is 11.1 Å². The van der Waals surface area contributed by atoms with Crippen LogP contribution in [-0.4, -0.2) is 11.3 Å². The number of rotatable bonds is 1. The lowest BCUT2D eigenvalue weighted by Gasteiger charge is -2.17. The van der Waals surface area contributed by atoms with Crippen molar-refractivity contribution in [3.63, 3.8) is 0 Å². The van der Waals surface area contributed by atoms with E-state index in [0.717, 1.165) is 42.1 Å². The van der Waals surface area contributed by atoms with Crippen molar-refractivity contribution in [2.24, 2.45) is 0 Å². The number of carbonyl (C=O) groups excluding carboxylic acids is 1. The zero-order chi connectivity index (χ0) is 11.8. The molecule has 2 aromatic rings. The number of nitrogens with one attached hydrogen (secondary N) is 1. The van der Waals surface area contributed by atoms with Gasteiger partial charge in [0, 0.05) is 16.6 Å². The fraction of sp³-hybridized carbons (Fsp3) is 0.286. The predicted molar refractivity (Wildman–Crippen MR) is 64.8 cm³/mol. The average Bonchev–Trinajstić information content (AvgIpc) is 2.76. The van der Waals surface area contributed by atoms with Gasteiger partial charge in [-0.25, -0.2) is 0 Å². The summed E-state index contributed by atoms with van der Waals surface area (Å²) in [6.45, 7) is 0. The zero-order valence-corrected chi connectivity index (χ0v) is 9.36. The third-order valence-electron chi connectivity index (χ3n) is 3.55. The summed E-state index contributed by atoms with van der Waals surface area (Å²) in [5.74, 6) is -0.00307. The van der Waals surface area contributed by atoms with Gasteiger partial charge in [-0.1, -0.05) is 0 Å². The number of aromatic amines is 1. The second-order valence-electron chi connectivity index (χ2n) is 4.52. The number of nitriles is 1. The Bertz CT molecular complexity index is 633. The summed E-state index contributed by atoms with van der Waals surface area (Å²) in [4.78, 5) is 14.4. The molecule has 17 heavy (non-hydrogen) atoms. The van der Waals surface area contributed by atoms with Crippen molar-refractivity contribution in [1.29, 1.82) is 5.26 Å². The van der Waals surface area contributed by atoms with Crippen LogP contribution < -0.4 is 0 Å². The maximum absolute atomic E-state index is 11.1. The summed E-state index contributed by atoms with van der Waals surface area (Å²) in [6, 6.07) is 7.80. The standard InChI is InChI=1S/C14H12N2O/c15-7-9-4-5-13-12(6-9)11-3-1-2-10(8-17)14(11)16-13/h4-6,8,10,16H,1-3H2. The smallest absolute Gasteiger partial charge is 0.128 e. The Labute approximate surface area is 99.1 Å². The lowest BCUT2D eigenvalue weighted by Crippen LogP contribution is -2.09. The van der Waals surface area contributed by atoms with Crippen LogP contribution in [0.15, 0.2) is 18.2 Å². The quantitative estimate of drug-likeness (QED) is 0.757. The number of nitrogens with zero attached hydrogens (tertiary/aromatic N) is 1. The molecule has 0 saturated carbocycles.